The van der Waals surface area contributed by atoms with Gasteiger partial charge in [0.15, 0.2) is 0 Å². The maximum atomic E-state index is 12.8. The summed E-state index contributed by atoms with van der Waals surface area (Å²) < 4.78 is 12.8. The van der Waals surface area contributed by atoms with Gasteiger partial charge in [-0.25, -0.2) is 9.82 Å². The summed E-state index contributed by atoms with van der Waals surface area (Å²) in [7, 11) is 0. The van der Waals surface area contributed by atoms with E-state index >= 15 is 0 Å². The Hall–Kier alpha value is -3.28. The van der Waals surface area contributed by atoms with Crippen LogP contribution in [0.4, 0.5) is 10.1 Å². The van der Waals surface area contributed by atoms with Crippen LogP contribution in [0, 0.1) is 5.82 Å². The second-order valence-electron chi connectivity index (χ2n) is 5.14. The summed E-state index contributed by atoms with van der Waals surface area (Å²) in [6.07, 6.45) is 5.04. The first-order valence-corrected chi connectivity index (χ1v) is 7.72. The molecule has 0 aliphatic rings. The van der Waals surface area contributed by atoms with Gasteiger partial charge < -0.3 is 5.32 Å². The number of rotatable bonds is 7. The second-order valence-corrected chi connectivity index (χ2v) is 5.14. The van der Waals surface area contributed by atoms with Crippen molar-refractivity contribution in [2.75, 3.05) is 5.32 Å². The number of nitrogens with one attached hydrogen (secondary N) is 2. The number of anilines is 1. The predicted octanol–water partition coefficient (Wildman–Crippen LogP) is 3.36. The molecule has 2 amide bonds. The number of nitrogens with zero attached hydrogens (tertiary/aromatic N) is 1. The molecule has 0 radical (unpaired) electrons. The molecule has 0 aliphatic heterocycles. The minimum Gasteiger partial charge on any atom is -0.326 e. The van der Waals surface area contributed by atoms with Gasteiger partial charge in [0.1, 0.15) is 5.82 Å². The molecule has 0 aliphatic carbocycles. The third-order valence-corrected chi connectivity index (χ3v) is 3.15. The Balaban J connectivity index is 1.66. The molecule has 0 atom stereocenters. The van der Waals surface area contributed by atoms with Crippen LogP contribution < -0.4 is 10.7 Å². The monoisotopic (exact) mass is 339 g/mol. The molecular formula is C19H18FN3O2. The van der Waals surface area contributed by atoms with E-state index in [1.54, 1.807) is 6.08 Å². The zero-order chi connectivity index (χ0) is 17.9. The Morgan fingerprint density at radius 3 is 2.36 bits per heavy atom. The number of hydrazone groups is 1. The summed E-state index contributed by atoms with van der Waals surface area (Å²) in [6, 6.07) is 15.1. The van der Waals surface area contributed by atoms with Gasteiger partial charge in [-0.1, -0.05) is 36.4 Å². The number of amides is 2. The third-order valence-electron chi connectivity index (χ3n) is 3.15. The van der Waals surface area contributed by atoms with Crippen LogP contribution >= 0.6 is 0 Å². The molecule has 25 heavy (non-hydrogen) atoms. The van der Waals surface area contributed by atoms with Crippen molar-refractivity contribution in [1.29, 1.82) is 0 Å². The lowest BCUT2D eigenvalue weighted by Crippen LogP contribution is -2.20. The molecule has 0 fully saturated rings. The van der Waals surface area contributed by atoms with Crippen LogP contribution in [-0.2, 0) is 9.59 Å². The van der Waals surface area contributed by atoms with Crippen LogP contribution in [-0.4, -0.2) is 18.0 Å². The van der Waals surface area contributed by atoms with Crippen LogP contribution in [0.5, 0.6) is 0 Å². The van der Waals surface area contributed by atoms with E-state index in [-0.39, 0.29) is 30.5 Å². The van der Waals surface area contributed by atoms with E-state index < -0.39 is 0 Å². The molecule has 0 aromatic heterocycles. The number of hydrogen-bond acceptors (Lipinski definition) is 3. The Bertz CT molecular complexity index is 756. The molecule has 2 rings (SSSR count). The van der Waals surface area contributed by atoms with E-state index in [0.717, 1.165) is 5.56 Å². The van der Waals surface area contributed by atoms with Crippen molar-refractivity contribution >= 4 is 29.8 Å². The van der Waals surface area contributed by atoms with Crippen molar-refractivity contribution in [3.63, 3.8) is 0 Å². The number of benzene rings is 2. The zero-order valence-corrected chi connectivity index (χ0v) is 13.5. The van der Waals surface area contributed by atoms with Crippen LogP contribution in [0.3, 0.4) is 0 Å². The molecule has 0 spiro atoms. The fraction of sp³-hybridized carbons (Fsp3) is 0.105. The van der Waals surface area contributed by atoms with Crippen LogP contribution in [0.1, 0.15) is 18.4 Å². The van der Waals surface area contributed by atoms with E-state index in [0.29, 0.717) is 5.69 Å². The van der Waals surface area contributed by atoms with Gasteiger partial charge in [0.2, 0.25) is 11.8 Å². The topological polar surface area (TPSA) is 70.6 Å². The second kappa shape index (κ2) is 9.77. The average molecular weight is 339 g/mol. The first-order valence-electron chi connectivity index (χ1n) is 7.72. The molecule has 2 aromatic rings. The lowest BCUT2D eigenvalue weighted by molar-refractivity contribution is -0.124. The summed E-state index contributed by atoms with van der Waals surface area (Å²) in [6.45, 7) is 0. The molecule has 0 bridgehead atoms. The van der Waals surface area contributed by atoms with Gasteiger partial charge in [0.25, 0.3) is 0 Å². The highest BCUT2D eigenvalue weighted by Gasteiger charge is 2.06. The standard InChI is InChI=1S/C19H18FN3O2/c20-16-8-10-17(11-9-16)22-18(24)12-13-19(25)23-21-14-4-7-15-5-2-1-3-6-15/h1-11,14H,12-13H2,(H,22,24)(H,23,25)/b7-4+,21-14+. The summed E-state index contributed by atoms with van der Waals surface area (Å²) >= 11 is 0. The van der Waals surface area contributed by atoms with E-state index in [9.17, 15) is 14.0 Å². The van der Waals surface area contributed by atoms with Gasteiger partial charge in [-0.15, -0.1) is 0 Å². The number of hydrogen-bond donors (Lipinski definition) is 2. The number of carbonyl (C=O) groups is 2. The molecule has 0 saturated carbocycles. The predicted molar refractivity (Wildman–Crippen MR) is 96.4 cm³/mol. The van der Waals surface area contributed by atoms with Gasteiger partial charge in [-0.05, 0) is 35.9 Å². The van der Waals surface area contributed by atoms with E-state index in [1.807, 2.05) is 36.4 Å². The fourth-order valence-corrected chi connectivity index (χ4v) is 1.91. The van der Waals surface area contributed by atoms with Crippen LogP contribution in [0.25, 0.3) is 6.08 Å². The van der Waals surface area contributed by atoms with Crippen molar-refractivity contribution in [3.8, 4) is 0 Å². The van der Waals surface area contributed by atoms with Crippen molar-refractivity contribution in [2.45, 2.75) is 12.8 Å². The Morgan fingerprint density at radius 1 is 0.960 bits per heavy atom. The molecule has 6 heteroatoms. The van der Waals surface area contributed by atoms with Gasteiger partial charge in [-0.3, -0.25) is 9.59 Å². The third kappa shape index (κ3) is 7.22. The van der Waals surface area contributed by atoms with Crippen molar-refractivity contribution < 1.29 is 14.0 Å². The fourth-order valence-electron chi connectivity index (χ4n) is 1.91. The van der Waals surface area contributed by atoms with E-state index in [2.05, 4.69) is 15.8 Å². The maximum absolute atomic E-state index is 12.8. The average Bonchev–Trinajstić information content (AvgIpc) is 2.62. The van der Waals surface area contributed by atoms with Gasteiger partial charge in [0.05, 0.1) is 0 Å². The molecule has 5 nitrogen and oxygen atoms in total. The highest BCUT2D eigenvalue weighted by atomic mass is 19.1. The van der Waals surface area contributed by atoms with Crippen molar-refractivity contribution in [1.82, 2.24) is 5.43 Å². The Labute approximate surface area is 145 Å². The maximum Gasteiger partial charge on any atom is 0.240 e. The smallest absolute Gasteiger partial charge is 0.240 e. The van der Waals surface area contributed by atoms with E-state index in [4.69, 9.17) is 0 Å². The largest absolute Gasteiger partial charge is 0.326 e. The molecule has 0 heterocycles. The first kappa shape index (κ1) is 18.1. The number of carbonyl (C=O) groups excluding carboxylic acids is 2. The molecule has 0 unspecified atom stereocenters. The highest BCUT2D eigenvalue weighted by Crippen LogP contribution is 2.08. The Morgan fingerprint density at radius 2 is 1.64 bits per heavy atom. The lowest BCUT2D eigenvalue weighted by Gasteiger charge is -2.04. The molecule has 0 saturated heterocycles. The molecular weight excluding hydrogens is 321 g/mol. The minimum absolute atomic E-state index is 0.00671. The number of allylic oxidation sites excluding steroid dienone is 1. The summed E-state index contributed by atoms with van der Waals surface area (Å²) in [5.41, 5.74) is 3.85. The quantitative estimate of drug-likeness (QED) is 0.600. The van der Waals surface area contributed by atoms with Gasteiger partial charge >= 0.3 is 0 Å². The number of halogens is 1. The Kier molecular flexibility index (Phi) is 7.06. The normalized spacial score (nSPS) is 10.9. The molecule has 128 valence electrons. The summed E-state index contributed by atoms with van der Waals surface area (Å²) in [5, 5.41) is 6.36. The highest BCUT2D eigenvalue weighted by molar-refractivity contribution is 5.93. The molecule has 2 N–H and O–H groups in total. The lowest BCUT2D eigenvalue weighted by atomic mass is 10.2. The first-order chi connectivity index (χ1) is 12.1. The van der Waals surface area contributed by atoms with Crippen LogP contribution in [0.2, 0.25) is 0 Å². The van der Waals surface area contributed by atoms with E-state index in [1.165, 1.54) is 30.5 Å². The van der Waals surface area contributed by atoms with Crippen molar-refractivity contribution in [2.24, 2.45) is 5.10 Å². The summed E-state index contributed by atoms with van der Waals surface area (Å²) in [4.78, 5) is 23.3. The SMILES string of the molecule is O=C(CCC(=O)Nc1ccc(F)cc1)N/N=C/C=C/c1ccccc1. The zero-order valence-electron chi connectivity index (χ0n) is 13.5. The van der Waals surface area contributed by atoms with Gasteiger partial charge in [0, 0.05) is 24.7 Å². The van der Waals surface area contributed by atoms with Gasteiger partial charge in [-0.2, -0.15) is 5.10 Å². The van der Waals surface area contributed by atoms with Crippen molar-refractivity contribution in [3.05, 3.63) is 72.1 Å². The summed E-state index contributed by atoms with van der Waals surface area (Å²) in [5.74, 6) is -1.06. The van der Waals surface area contributed by atoms with Crippen LogP contribution in [0.15, 0.2) is 65.8 Å². The minimum atomic E-state index is -0.378. The molecule has 2 aromatic carbocycles.